The predicted octanol–water partition coefficient (Wildman–Crippen LogP) is -0.304. The Morgan fingerprint density at radius 1 is 1.42 bits per heavy atom. The molecule has 8 heteroatoms. The van der Waals surface area contributed by atoms with Crippen LogP contribution in [0.25, 0.3) is 0 Å². The van der Waals surface area contributed by atoms with Crippen LogP contribution in [0.15, 0.2) is 24.5 Å². The molecule has 0 bridgehead atoms. The molecule has 0 aliphatic heterocycles. The normalized spacial score (nSPS) is 10.5. The lowest BCUT2D eigenvalue weighted by molar-refractivity contribution is 0.273. The Morgan fingerprint density at radius 2 is 2.21 bits per heavy atom. The van der Waals surface area contributed by atoms with Gasteiger partial charge in [0.25, 0.3) is 0 Å². The summed E-state index contributed by atoms with van der Waals surface area (Å²) in [4.78, 5) is 3.99. The highest BCUT2D eigenvalue weighted by atomic mass is 19.1. The molecule has 1 heterocycles. The highest BCUT2D eigenvalue weighted by molar-refractivity contribution is 6.58. The molecule has 0 radical (unpaired) electrons. The molecular formula is C11H13BFN3O3. The Balaban J connectivity index is 2.13. The molecule has 1 aromatic heterocycles. The van der Waals surface area contributed by atoms with Crippen molar-refractivity contribution in [3.8, 4) is 5.75 Å². The summed E-state index contributed by atoms with van der Waals surface area (Å²) < 4.78 is 20.4. The van der Waals surface area contributed by atoms with Crippen molar-refractivity contribution in [3.05, 3.63) is 36.2 Å². The SMILES string of the molecule is CCn1ncnc1COc1cc(B(O)O)ccc1F. The third-order valence-electron chi connectivity index (χ3n) is 2.61. The quantitative estimate of drug-likeness (QED) is 0.725. The van der Waals surface area contributed by atoms with Crippen molar-refractivity contribution in [3.63, 3.8) is 0 Å². The molecule has 0 aliphatic carbocycles. The van der Waals surface area contributed by atoms with E-state index in [-0.39, 0.29) is 17.8 Å². The summed E-state index contributed by atoms with van der Waals surface area (Å²) in [7, 11) is -1.66. The van der Waals surface area contributed by atoms with Crippen molar-refractivity contribution in [2.75, 3.05) is 0 Å². The van der Waals surface area contributed by atoms with E-state index in [2.05, 4.69) is 10.1 Å². The smallest absolute Gasteiger partial charge is 0.483 e. The minimum Gasteiger partial charge on any atom is -0.483 e. The number of benzene rings is 1. The Kier molecular flexibility index (Phi) is 4.13. The number of rotatable bonds is 5. The lowest BCUT2D eigenvalue weighted by Crippen LogP contribution is -2.29. The molecule has 6 nitrogen and oxygen atoms in total. The van der Waals surface area contributed by atoms with Gasteiger partial charge in [0.2, 0.25) is 0 Å². The van der Waals surface area contributed by atoms with Crippen LogP contribution in [0.4, 0.5) is 4.39 Å². The minimum atomic E-state index is -1.66. The van der Waals surface area contributed by atoms with Crippen LogP contribution < -0.4 is 10.2 Å². The maximum atomic E-state index is 13.5. The fourth-order valence-corrected chi connectivity index (χ4v) is 1.60. The summed E-state index contributed by atoms with van der Waals surface area (Å²) >= 11 is 0. The van der Waals surface area contributed by atoms with Crippen LogP contribution in [0, 0.1) is 5.82 Å². The first kappa shape index (κ1) is 13.5. The molecule has 0 atom stereocenters. The highest BCUT2D eigenvalue weighted by Crippen LogP contribution is 2.16. The Bertz CT molecular complexity index is 562. The highest BCUT2D eigenvalue weighted by Gasteiger charge is 2.15. The van der Waals surface area contributed by atoms with Gasteiger partial charge >= 0.3 is 7.12 Å². The molecule has 0 saturated carbocycles. The summed E-state index contributed by atoms with van der Waals surface area (Å²) in [5.41, 5.74) is 0.161. The van der Waals surface area contributed by atoms with Crippen LogP contribution in [-0.4, -0.2) is 31.9 Å². The standard InChI is InChI=1S/C11H13BFN3O3/c1-2-16-11(14-7-15-16)6-19-10-5-8(12(17)18)3-4-9(10)13/h3-5,7,17-18H,2,6H2,1H3. The molecule has 0 fully saturated rings. The molecule has 0 unspecified atom stereocenters. The Labute approximate surface area is 109 Å². The Hall–Kier alpha value is -1.93. The molecular weight excluding hydrogens is 252 g/mol. The second kappa shape index (κ2) is 5.81. The fourth-order valence-electron chi connectivity index (χ4n) is 1.60. The fraction of sp³-hybridized carbons (Fsp3) is 0.273. The first-order valence-electron chi connectivity index (χ1n) is 5.77. The average Bonchev–Trinajstić information content (AvgIpc) is 2.85. The van der Waals surface area contributed by atoms with Crippen molar-refractivity contribution in [1.29, 1.82) is 0 Å². The van der Waals surface area contributed by atoms with E-state index >= 15 is 0 Å². The molecule has 0 saturated heterocycles. The summed E-state index contributed by atoms with van der Waals surface area (Å²) in [5.74, 6) is -0.0694. The number of aromatic nitrogens is 3. The van der Waals surface area contributed by atoms with E-state index in [1.54, 1.807) is 4.68 Å². The number of nitrogens with zero attached hydrogens (tertiary/aromatic N) is 3. The first-order chi connectivity index (χ1) is 9.11. The first-order valence-corrected chi connectivity index (χ1v) is 5.77. The monoisotopic (exact) mass is 265 g/mol. The van der Waals surface area contributed by atoms with E-state index in [0.717, 1.165) is 6.07 Å². The van der Waals surface area contributed by atoms with Crippen molar-refractivity contribution in [2.24, 2.45) is 0 Å². The zero-order chi connectivity index (χ0) is 13.8. The predicted molar refractivity (Wildman–Crippen MR) is 66.3 cm³/mol. The van der Waals surface area contributed by atoms with E-state index in [0.29, 0.717) is 12.4 Å². The van der Waals surface area contributed by atoms with Gasteiger partial charge in [-0.05, 0) is 24.5 Å². The van der Waals surface area contributed by atoms with Crippen molar-refractivity contribution < 1.29 is 19.2 Å². The van der Waals surface area contributed by atoms with Crippen molar-refractivity contribution in [2.45, 2.75) is 20.1 Å². The topological polar surface area (TPSA) is 80.4 Å². The number of hydrogen-bond donors (Lipinski definition) is 2. The van der Waals surface area contributed by atoms with Gasteiger partial charge in [-0.1, -0.05) is 6.07 Å². The van der Waals surface area contributed by atoms with Crippen LogP contribution >= 0.6 is 0 Å². The second-order valence-electron chi connectivity index (χ2n) is 3.84. The van der Waals surface area contributed by atoms with Gasteiger partial charge in [-0.3, -0.25) is 0 Å². The average molecular weight is 265 g/mol. The summed E-state index contributed by atoms with van der Waals surface area (Å²) in [5, 5.41) is 22.0. The molecule has 2 rings (SSSR count). The maximum Gasteiger partial charge on any atom is 0.488 e. The molecule has 19 heavy (non-hydrogen) atoms. The lowest BCUT2D eigenvalue weighted by atomic mass is 9.80. The van der Waals surface area contributed by atoms with Gasteiger partial charge in [0.05, 0.1) is 0 Å². The third-order valence-corrected chi connectivity index (χ3v) is 2.61. The number of halogens is 1. The minimum absolute atomic E-state index is 0.0513. The van der Waals surface area contributed by atoms with Crippen LogP contribution in [-0.2, 0) is 13.2 Å². The van der Waals surface area contributed by atoms with Gasteiger partial charge in [0.1, 0.15) is 12.9 Å². The molecule has 100 valence electrons. The number of hydrogen-bond acceptors (Lipinski definition) is 5. The number of aryl methyl sites for hydroxylation is 1. The maximum absolute atomic E-state index is 13.5. The van der Waals surface area contributed by atoms with Gasteiger partial charge in [0, 0.05) is 6.54 Å². The van der Waals surface area contributed by atoms with Crippen LogP contribution in [0.2, 0.25) is 0 Å². The van der Waals surface area contributed by atoms with E-state index in [9.17, 15) is 4.39 Å². The molecule has 0 amide bonds. The van der Waals surface area contributed by atoms with Crippen LogP contribution in [0.3, 0.4) is 0 Å². The summed E-state index contributed by atoms with van der Waals surface area (Å²) in [6, 6.07) is 3.64. The largest absolute Gasteiger partial charge is 0.488 e. The van der Waals surface area contributed by atoms with E-state index in [1.165, 1.54) is 18.5 Å². The van der Waals surface area contributed by atoms with Crippen LogP contribution in [0.1, 0.15) is 12.7 Å². The zero-order valence-corrected chi connectivity index (χ0v) is 10.3. The van der Waals surface area contributed by atoms with E-state index in [4.69, 9.17) is 14.8 Å². The van der Waals surface area contributed by atoms with Gasteiger partial charge in [-0.15, -0.1) is 0 Å². The van der Waals surface area contributed by atoms with Gasteiger partial charge in [0.15, 0.2) is 17.4 Å². The molecule has 0 aliphatic rings. The van der Waals surface area contributed by atoms with Gasteiger partial charge in [-0.25, -0.2) is 14.1 Å². The summed E-state index contributed by atoms with van der Waals surface area (Å²) in [6.45, 7) is 2.59. The van der Waals surface area contributed by atoms with Gasteiger partial charge < -0.3 is 14.8 Å². The molecule has 2 N–H and O–H groups in total. The van der Waals surface area contributed by atoms with Gasteiger partial charge in [-0.2, -0.15) is 5.10 Å². The molecule has 2 aromatic rings. The molecule has 0 spiro atoms. The Morgan fingerprint density at radius 3 is 2.89 bits per heavy atom. The van der Waals surface area contributed by atoms with E-state index in [1.807, 2.05) is 6.92 Å². The van der Waals surface area contributed by atoms with Crippen LogP contribution in [0.5, 0.6) is 5.75 Å². The lowest BCUT2D eigenvalue weighted by Gasteiger charge is -2.09. The van der Waals surface area contributed by atoms with Crippen molar-refractivity contribution >= 4 is 12.6 Å². The number of ether oxygens (including phenoxy) is 1. The third kappa shape index (κ3) is 3.10. The zero-order valence-electron chi connectivity index (χ0n) is 10.3. The second-order valence-corrected chi connectivity index (χ2v) is 3.84. The summed E-state index contributed by atoms with van der Waals surface area (Å²) in [6.07, 6.45) is 1.40. The van der Waals surface area contributed by atoms with Crippen molar-refractivity contribution in [1.82, 2.24) is 14.8 Å². The molecule has 1 aromatic carbocycles. The van der Waals surface area contributed by atoms with E-state index < -0.39 is 12.9 Å².